The number of hydrogen-bond donors (Lipinski definition) is 0. The maximum Gasteiger partial charge on any atom is 0.0950 e. The monoisotopic (exact) mass is 184 g/mol. The van der Waals surface area contributed by atoms with Crippen molar-refractivity contribution in [2.24, 2.45) is 10.8 Å². The Hall–Kier alpha value is -1.54. The molecule has 2 rings (SSSR count). The van der Waals surface area contributed by atoms with Crippen LogP contribution in [0.2, 0.25) is 0 Å². The molecule has 0 N–H and O–H groups in total. The lowest BCUT2D eigenvalue weighted by atomic mass is 9.65. The van der Waals surface area contributed by atoms with Gasteiger partial charge in [0.1, 0.15) is 0 Å². The van der Waals surface area contributed by atoms with Crippen molar-refractivity contribution in [2.75, 3.05) is 0 Å². The van der Waals surface area contributed by atoms with E-state index in [0.29, 0.717) is 0 Å². The Morgan fingerprint density at radius 3 is 1.64 bits per heavy atom. The first-order chi connectivity index (χ1) is 6.58. The topological polar surface area (TPSA) is 47.6 Å². The molecule has 0 radical (unpaired) electrons. The van der Waals surface area contributed by atoms with Crippen molar-refractivity contribution in [1.29, 1.82) is 10.5 Å². The first-order valence-corrected chi connectivity index (χ1v) is 4.80. The summed E-state index contributed by atoms with van der Waals surface area (Å²) in [6.45, 7) is 4.19. The number of nitriles is 2. The van der Waals surface area contributed by atoms with Crippen LogP contribution < -0.4 is 0 Å². The molecule has 0 aromatic carbocycles. The van der Waals surface area contributed by atoms with E-state index in [4.69, 9.17) is 10.5 Å². The maximum atomic E-state index is 9.03. The van der Waals surface area contributed by atoms with Crippen molar-refractivity contribution < 1.29 is 0 Å². The SMILES string of the molecule is C[C@@]12CC=C(C#N)[C@]1(C)CC=C2C#N. The molecule has 0 saturated heterocycles. The standard InChI is InChI=1S/C12H12N2/c1-11-5-3-10(8-14)12(11,2)6-4-9(11)7-13/h3-4H,5-6H2,1-2H3/t11-,12-/m0/s1. The summed E-state index contributed by atoms with van der Waals surface area (Å²) in [5.74, 6) is 0. The van der Waals surface area contributed by atoms with Crippen LogP contribution in [-0.2, 0) is 0 Å². The van der Waals surface area contributed by atoms with Crippen LogP contribution in [0.3, 0.4) is 0 Å². The largest absolute Gasteiger partial charge is 0.193 e. The Morgan fingerprint density at radius 1 is 1.00 bits per heavy atom. The summed E-state index contributed by atoms with van der Waals surface area (Å²) in [5, 5.41) is 18.1. The third-order valence-electron chi connectivity index (χ3n) is 4.08. The van der Waals surface area contributed by atoms with E-state index in [1.54, 1.807) is 0 Å². The highest BCUT2D eigenvalue weighted by Crippen LogP contribution is 2.62. The van der Waals surface area contributed by atoms with Crippen molar-refractivity contribution in [3.63, 3.8) is 0 Å². The second kappa shape index (κ2) is 2.49. The predicted octanol–water partition coefficient (Wildman–Crippen LogP) is 2.71. The highest BCUT2D eigenvalue weighted by Gasteiger charge is 2.55. The minimum atomic E-state index is -0.132. The minimum absolute atomic E-state index is 0.132. The van der Waals surface area contributed by atoms with E-state index in [2.05, 4.69) is 26.0 Å². The molecule has 0 aliphatic heterocycles. The molecule has 2 atom stereocenters. The van der Waals surface area contributed by atoms with Crippen molar-refractivity contribution in [2.45, 2.75) is 26.7 Å². The zero-order valence-electron chi connectivity index (χ0n) is 8.46. The van der Waals surface area contributed by atoms with E-state index in [9.17, 15) is 0 Å². The third kappa shape index (κ3) is 0.744. The van der Waals surface area contributed by atoms with Crippen molar-refractivity contribution in [3.05, 3.63) is 23.3 Å². The summed E-state index contributed by atoms with van der Waals surface area (Å²) in [5.41, 5.74) is 1.43. The normalized spacial score (nSPS) is 39.4. The van der Waals surface area contributed by atoms with Gasteiger partial charge in [0.2, 0.25) is 0 Å². The summed E-state index contributed by atoms with van der Waals surface area (Å²) in [7, 11) is 0. The Balaban J connectivity index is 2.51. The van der Waals surface area contributed by atoms with Gasteiger partial charge in [0.05, 0.1) is 12.1 Å². The van der Waals surface area contributed by atoms with Crippen molar-refractivity contribution in [3.8, 4) is 12.1 Å². The molecule has 0 aromatic rings. The van der Waals surface area contributed by atoms with E-state index in [1.807, 2.05) is 12.2 Å². The molecule has 0 fully saturated rings. The Morgan fingerprint density at radius 2 is 1.36 bits per heavy atom. The highest BCUT2D eigenvalue weighted by atomic mass is 14.6. The highest BCUT2D eigenvalue weighted by molar-refractivity contribution is 5.49. The van der Waals surface area contributed by atoms with Crippen LogP contribution in [0.4, 0.5) is 0 Å². The Kier molecular flexibility index (Phi) is 1.60. The van der Waals surface area contributed by atoms with Crippen molar-refractivity contribution in [1.82, 2.24) is 0 Å². The van der Waals surface area contributed by atoms with Gasteiger partial charge in [0.25, 0.3) is 0 Å². The number of fused-ring (bicyclic) bond motifs is 1. The van der Waals surface area contributed by atoms with Gasteiger partial charge >= 0.3 is 0 Å². The molecule has 0 saturated carbocycles. The van der Waals surface area contributed by atoms with Crippen LogP contribution in [0.1, 0.15) is 26.7 Å². The summed E-state index contributed by atoms with van der Waals surface area (Å²) in [6.07, 6.45) is 5.63. The number of hydrogen-bond acceptors (Lipinski definition) is 2. The van der Waals surface area contributed by atoms with Crippen LogP contribution in [0.25, 0.3) is 0 Å². The molecule has 2 aliphatic carbocycles. The third-order valence-corrected chi connectivity index (χ3v) is 4.08. The lowest BCUT2D eigenvalue weighted by Gasteiger charge is -2.36. The zero-order chi connectivity index (χ0) is 10.4. The number of rotatable bonds is 0. The average molecular weight is 184 g/mol. The molecular weight excluding hydrogens is 172 g/mol. The van der Waals surface area contributed by atoms with Crippen LogP contribution in [0.5, 0.6) is 0 Å². The zero-order valence-corrected chi connectivity index (χ0v) is 8.46. The Labute approximate surface area is 84.1 Å². The van der Waals surface area contributed by atoms with Gasteiger partial charge in [0, 0.05) is 22.0 Å². The van der Waals surface area contributed by atoms with Gasteiger partial charge in [0.15, 0.2) is 0 Å². The molecule has 0 heterocycles. The maximum absolute atomic E-state index is 9.03. The number of nitrogens with zero attached hydrogens (tertiary/aromatic N) is 2. The quantitative estimate of drug-likeness (QED) is 0.581. The smallest absolute Gasteiger partial charge is 0.0950 e. The molecule has 0 unspecified atom stereocenters. The van der Waals surface area contributed by atoms with E-state index >= 15 is 0 Å². The van der Waals surface area contributed by atoms with Gasteiger partial charge in [-0.2, -0.15) is 10.5 Å². The Bertz CT molecular complexity index is 388. The first-order valence-electron chi connectivity index (χ1n) is 4.80. The molecule has 0 spiro atoms. The summed E-state index contributed by atoms with van der Waals surface area (Å²) in [4.78, 5) is 0. The second-order valence-corrected chi connectivity index (χ2v) is 4.53. The molecule has 2 aliphatic rings. The molecule has 0 aromatic heterocycles. The number of allylic oxidation sites excluding steroid dienone is 4. The predicted molar refractivity (Wildman–Crippen MR) is 52.8 cm³/mol. The second-order valence-electron chi connectivity index (χ2n) is 4.53. The van der Waals surface area contributed by atoms with Gasteiger partial charge in [-0.15, -0.1) is 0 Å². The van der Waals surface area contributed by atoms with E-state index in [0.717, 1.165) is 24.0 Å². The lowest BCUT2D eigenvalue weighted by molar-refractivity contribution is 0.214. The average Bonchev–Trinajstić information content (AvgIpc) is 2.55. The van der Waals surface area contributed by atoms with Crippen LogP contribution >= 0.6 is 0 Å². The summed E-state index contributed by atoms with van der Waals surface area (Å²) in [6, 6.07) is 4.53. The molecule has 2 nitrogen and oxygen atoms in total. The van der Waals surface area contributed by atoms with Crippen LogP contribution in [0.15, 0.2) is 23.3 Å². The first kappa shape index (κ1) is 9.03. The van der Waals surface area contributed by atoms with Gasteiger partial charge in [-0.05, 0) is 12.8 Å². The van der Waals surface area contributed by atoms with Gasteiger partial charge < -0.3 is 0 Å². The molecule has 0 amide bonds. The van der Waals surface area contributed by atoms with Gasteiger partial charge in [-0.3, -0.25) is 0 Å². The van der Waals surface area contributed by atoms with Crippen LogP contribution in [-0.4, -0.2) is 0 Å². The minimum Gasteiger partial charge on any atom is -0.193 e. The van der Waals surface area contributed by atoms with Crippen LogP contribution in [0, 0.1) is 33.5 Å². The van der Waals surface area contributed by atoms with E-state index in [-0.39, 0.29) is 10.8 Å². The molecule has 2 heteroatoms. The fourth-order valence-corrected chi connectivity index (χ4v) is 2.67. The molecule has 14 heavy (non-hydrogen) atoms. The fourth-order valence-electron chi connectivity index (χ4n) is 2.67. The summed E-state index contributed by atoms with van der Waals surface area (Å²) >= 11 is 0. The van der Waals surface area contributed by atoms with E-state index in [1.165, 1.54) is 0 Å². The molecule has 70 valence electrons. The summed E-state index contributed by atoms with van der Waals surface area (Å²) < 4.78 is 0. The van der Waals surface area contributed by atoms with E-state index < -0.39 is 0 Å². The lowest BCUT2D eigenvalue weighted by Crippen LogP contribution is -2.31. The van der Waals surface area contributed by atoms with Gasteiger partial charge in [-0.25, -0.2) is 0 Å². The fraction of sp³-hybridized carbons (Fsp3) is 0.500. The molecule has 0 bridgehead atoms. The van der Waals surface area contributed by atoms with Gasteiger partial charge in [-0.1, -0.05) is 26.0 Å². The molecular formula is C12H12N2. The van der Waals surface area contributed by atoms with Crippen molar-refractivity contribution >= 4 is 0 Å².